The van der Waals surface area contributed by atoms with E-state index in [2.05, 4.69) is 15.3 Å². The molecule has 0 saturated heterocycles. The van der Waals surface area contributed by atoms with Gasteiger partial charge in [0.1, 0.15) is 7.11 Å². The molecular formula is C17H16N2O3. The Morgan fingerprint density at radius 2 is 1.82 bits per heavy atom. The van der Waals surface area contributed by atoms with Crippen molar-refractivity contribution >= 4 is 23.6 Å². The first-order chi connectivity index (χ1) is 10.6. The van der Waals surface area contributed by atoms with Crippen LogP contribution in [0.4, 0.5) is 5.69 Å². The molecule has 0 aliphatic heterocycles. The number of hydrogen-bond acceptors (Lipinski definition) is 4. The second kappa shape index (κ2) is 7.17. The third kappa shape index (κ3) is 4.02. The maximum absolute atomic E-state index is 12.2. The van der Waals surface area contributed by atoms with Gasteiger partial charge < -0.3 is 10.2 Å². The molecule has 5 heteroatoms. The third-order valence-corrected chi connectivity index (χ3v) is 3.01. The Labute approximate surface area is 128 Å². The van der Waals surface area contributed by atoms with E-state index in [9.17, 15) is 9.59 Å². The van der Waals surface area contributed by atoms with Gasteiger partial charge in [-0.3, -0.25) is 9.59 Å². The highest BCUT2D eigenvalue weighted by Gasteiger charge is 2.07. The summed E-state index contributed by atoms with van der Waals surface area (Å²) in [5.74, 6) is -0.284. The first-order valence-corrected chi connectivity index (χ1v) is 6.69. The summed E-state index contributed by atoms with van der Waals surface area (Å²) >= 11 is 0. The van der Waals surface area contributed by atoms with Crippen LogP contribution in [0.2, 0.25) is 0 Å². The lowest BCUT2D eigenvalue weighted by atomic mass is 10.1. The molecule has 1 amide bonds. The van der Waals surface area contributed by atoms with Crippen LogP contribution in [-0.4, -0.2) is 25.0 Å². The molecule has 1 N–H and O–H groups in total. The molecule has 0 bridgehead atoms. The quantitative estimate of drug-likeness (QED) is 0.523. The zero-order valence-electron chi connectivity index (χ0n) is 12.4. The number of amides is 1. The molecule has 0 saturated carbocycles. The van der Waals surface area contributed by atoms with Gasteiger partial charge in [0, 0.05) is 16.8 Å². The monoisotopic (exact) mass is 296 g/mol. The number of nitrogens with zero attached hydrogens (tertiary/aromatic N) is 1. The molecule has 0 aromatic heterocycles. The predicted octanol–water partition coefficient (Wildman–Crippen LogP) is 3.12. The van der Waals surface area contributed by atoms with Gasteiger partial charge in [0.2, 0.25) is 0 Å². The molecule has 2 aromatic rings. The lowest BCUT2D eigenvalue weighted by molar-refractivity contribution is 0.101. The number of hydrogen-bond donors (Lipinski definition) is 1. The Morgan fingerprint density at radius 3 is 2.45 bits per heavy atom. The largest absolute Gasteiger partial charge is 0.399 e. The molecule has 112 valence electrons. The second-order valence-corrected chi connectivity index (χ2v) is 4.63. The summed E-state index contributed by atoms with van der Waals surface area (Å²) in [6.07, 6.45) is 1.55. The van der Waals surface area contributed by atoms with E-state index in [0.717, 1.165) is 5.56 Å². The lowest BCUT2D eigenvalue weighted by Gasteiger charge is -2.06. The van der Waals surface area contributed by atoms with E-state index in [4.69, 9.17) is 0 Å². The number of oxime groups is 1. The summed E-state index contributed by atoms with van der Waals surface area (Å²) in [7, 11) is 1.47. The number of Topliss-reactive ketones (excluding diaryl/α,β-unsaturated/α-hetero) is 1. The number of benzene rings is 2. The fourth-order valence-corrected chi connectivity index (χ4v) is 1.85. The highest BCUT2D eigenvalue weighted by molar-refractivity contribution is 6.05. The van der Waals surface area contributed by atoms with Crippen LogP contribution in [0.15, 0.2) is 53.7 Å². The van der Waals surface area contributed by atoms with Crippen LogP contribution < -0.4 is 5.32 Å². The number of carbonyl (C=O) groups excluding carboxylic acids is 2. The van der Waals surface area contributed by atoms with E-state index in [1.54, 1.807) is 54.7 Å². The summed E-state index contributed by atoms with van der Waals surface area (Å²) in [6.45, 7) is 1.49. The van der Waals surface area contributed by atoms with Crippen LogP contribution >= 0.6 is 0 Å². The number of ketones is 1. The third-order valence-electron chi connectivity index (χ3n) is 3.01. The summed E-state index contributed by atoms with van der Waals surface area (Å²) < 4.78 is 0. The molecule has 5 nitrogen and oxygen atoms in total. The molecule has 0 atom stereocenters. The zero-order chi connectivity index (χ0) is 15.9. The van der Waals surface area contributed by atoms with Crippen molar-refractivity contribution in [1.82, 2.24) is 0 Å². The van der Waals surface area contributed by atoms with Gasteiger partial charge in [-0.05, 0) is 36.8 Å². The maximum Gasteiger partial charge on any atom is 0.255 e. The van der Waals surface area contributed by atoms with Gasteiger partial charge >= 0.3 is 0 Å². The van der Waals surface area contributed by atoms with Crippen LogP contribution in [0.1, 0.15) is 33.2 Å². The van der Waals surface area contributed by atoms with Crippen LogP contribution in [0.25, 0.3) is 0 Å². The summed E-state index contributed by atoms with van der Waals surface area (Å²) in [4.78, 5) is 28.1. The second-order valence-electron chi connectivity index (χ2n) is 4.63. The Kier molecular flexibility index (Phi) is 5.03. The molecule has 22 heavy (non-hydrogen) atoms. The Balaban J connectivity index is 2.10. The summed E-state index contributed by atoms with van der Waals surface area (Å²) in [5, 5.41) is 6.42. The fraction of sp³-hybridized carbons (Fsp3) is 0.118. The van der Waals surface area contributed by atoms with E-state index >= 15 is 0 Å². The number of anilines is 1. The van der Waals surface area contributed by atoms with E-state index in [-0.39, 0.29) is 11.7 Å². The van der Waals surface area contributed by atoms with E-state index < -0.39 is 0 Å². The zero-order valence-corrected chi connectivity index (χ0v) is 12.4. The Morgan fingerprint density at radius 1 is 1.09 bits per heavy atom. The maximum atomic E-state index is 12.2. The molecule has 0 aliphatic carbocycles. The molecule has 0 aliphatic rings. The summed E-state index contributed by atoms with van der Waals surface area (Å²) in [6, 6.07) is 13.8. The highest BCUT2D eigenvalue weighted by atomic mass is 16.6. The van der Waals surface area contributed by atoms with Crippen molar-refractivity contribution in [2.24, 2.45) is 5.16 Å². The van der Waals surface area contributed by atoms with Gasteiger partial charge in [-0.2, -0.15) is 0 Å². The average Bonchev–Trinajstić information content (AvgIpc) is 2.53. The molecule has 0 heterocycles. The molecule has 2 rings (SSSR count). The SMILES string of the molecule is CO/N=C/c1ccc(C(=O)Nc2cccc(C(C)=O)c2)cc1. The van der Waals surface area contributed by atoms with Crippen LogP contribution in [0.5, 0.6) is 0 Å². The topological polar surface area (TPSA) is 67.8 Å². The number of rotatable bonds is 5. The minimum absolute atomic E-state index is 0.0436. The summed E-state index contributed by atoms with van der Waals surface area (Å²) in [5.41, 5.74) is 2.49. The first kappa shape index (κ1) is 15.4. The van der Waals surface area contributed by atoms with E-state index in [1.807, 2.05) is 0 Å². The first-order valence-electron chi connectivity index (χ1n) is 6.69. The standard InChI is InChI=1S/C17H16N2O3/c1-12(20)15-4-3-5-16(10-15)19-17(21)14-8-6-13(7-9-14)11-18-22-2/h3-11H,1-2H3,(H,19,21)/b18-11+. The van der Waals surface area contributed by atoms with Crippen LogP contribution in [0.3, 0.4) is 0 Å². The van der Waals surface area contributed by atoms with Crippen molar-refractivity contribution in [2.75, 3.05) is 12.4 Å². The highest BCUT2D eigenvalue weighted by Crippen LogP contribution is 2.13. The van der Waals surface area contributed by atoms with Crippen molar-refractivity contribution in [3.05, 3.63) is 65.2 Å². The minimum Gasteiger partial charge on any atom is -0.399 e. The lowest BCUT2D eigenvalue weighted by Crippen LogP contribution is -2.12. The van der Waals surface area contributed by atoms with Gasteiger partial charge in [0.15, 0.2) is 5.78 Å². The predicted molar refractivity (Wildman–Crippen MR) is 85.4 cm³/mol. The molecule has 0 unspecified atom stereocenters. The van der Waals surface area contributed by atoms with E-state index in [1.165, 1.54) is 14.0 Å². The van der Waals surface area contributed by atoms with Crippen molar-refractivity contribution in [2.45, 2.75) is 6.92 Å². The van der Waals surface area contributed by atoms with Gasteiger partial charge in [-0.15, -0.1) is 0 Å². The molecule has 0 radical (unpaired) electrons. The van der Waals surface area contributed by atoms with Crippen LogP contribution in [0, 0.1) is 0 Å². The van der Waals surface area contributed by atoms with Crippen molar-refractivity contribution in [3.63, 3.8) is 0 Å². The Bertz CT molecular complexity index is 706. The van der Waals surface area contributed by atoms with Crippen molar-refractivity contribution in [1.29, 1.82) is 0 Å². The van der Waals surface area contributed by atoms with Crippen molar-refractivity contribution < 1.29 is 14.4 Å². The normalized spacial score (nSPS) is 10.5. The van der Waals surface area contributed by atoms with Gasteiger partial charge in [-0.25, -0.2) is 0 Å². The van der Waals surface area contributed by atoms with Crippen LogP contribution in [-0.2, 0) is 4.84 Å². The smallest absolute Gasteiger partial charge is 0.255 e. The number of nitrogens with one attached hydrogen (secondary N) is 1. The minimum atomic E-state index is -0.240. The average molecular weight is 296 g/mol. The Hall–Kier alpha value is -2.95. The molecular weight excluding hydrogens is 280 g/mol. The molecule has 0 fully saturated rings. The van der Waals surface area contributed by atoms with Gasteiger partial charge in [0.05, 0.1) is 6.21 Å². The fourth-order valence-electron chi connectivity index (χ4n) is 1.85. The number of carbonyl (C=O) groups is 2. The van der Waals surface area contributed by atoms with Gasteiger partial charge in [0.25, 0.3) is 5.91 Å². The van der Waals surface area contributed by atoms with Crippen molar-refractivity contribution in [3.8, 4) is 0 Å². The van der Waals surface area contributed by atoms with E-state index in [0.29, 0.717) is 16.8 Å². The molecule has 0 spiro atoms. The van der Waals surface area contributed by atoms with Gasteiger partial charge in [-0.1, -0.05) is 29.4 Å². The molecule has 2 aromatic carbocycles.